The largest absolute Gasteiger partial charge is 0.396 e. The quantitative estimate of drug-likeness (QED) is 0.695. The Morgan fingerprint density at radius 2 is 1.89 bits per heavy atom. The zero-order valence-electron chi connectivity index (χ0n) is 13.3. The Morgan fingerprint density at radius 3 is 2.32 bits per heavy atom. The van der Waals surface area contributed by atoms with Crippen molar-refractivity contribution < 1.29 is 5.11 Å². The topological polar surface area (TPSA) is 58.3 Å². The summed E-state index contributed by atoms with van der Waals surface area (Å²) in [5, 5.41) is 12.7. The molecule has 4 N–H and O–H groups in total. The van der Waals surface area contributed by atoms with Gasteiger partial charge in [0, 0.05) is 24.7 Å². The molecule has 114 valence electrons. The third kappa shape index (κ3) is 5.05. The van der Waals surface area contributed by atoms with E-state index in [1.54, 1.807) is 0 Å². The molecule has 0 heterocycles. The Labute approximate surface area is 119 Å². The zero-order valence-corrected chi connectivity index (χ0v) is 13.3. The van der Waals surface area contributed by atoms with Crippen LogP contribution in [0.15, 0.2) is 0 Å². The minimum Gasteiger partial charge on any atom is -0.396 e. The van der Waals surface area contributed by atoms with E-state index in [-0.39, 0.29) is 12.1 Å². The third-order valence-corrected chi connectivity index (χ3v) is 4.91. The lowest BCUT2D eigenvalue weighted by Crippen LogP contribution is -2.56. The van der Waals surface area contributed by atoms with Gasteiger partial charge in [-0.1, -0.05) is 20.8 Å². The number of hydrogen-bond acceptors (Lipinski definition) is 3. The van der Waals surface area contributed by atoms with Crippen LogP contribution in [0.1, 0.15) is 66.2 Å². The van der Waals surface area contributed by atoms with Gasteiger partial charge in [0.1, 0.15) is 0 Å². The Balaban J connectivity index is 2.50. The maximum atomic E-state index is 8.91. The maximum absolute atomic E-state index is 8.91. The fourth-order valence-electron chi connectivity index (χ4n) is 3.44. The monoisotopic (exact) mass is 270 g/mol. The van der Waals surface area contributed by atoms with Crippen LogP contribution in [-0.2, 0) is 0 Å². The molecular formula is C16H34N2O. The minimum atomic E-state index is 0.136. The summed E-state index contributed by atoms with van der Waals surface area (Å²) in [6, 6.07) is 0.446. The van der Waals surface area contributed by atoms with Gasteiger partial charge in [-0.05, 0) is 56.8 Å². The molecule has 3 nitrogen and oxygen atoms in total. The molecule has 0 radical (unpaired) electrons. The second-order valence-corrected chi connectivity index (χ2v) is 7.54. The van der Waals surface area contributed by atoms with E-state index in [2.05, 4.69) is 33.0 Å². The summed E-state index contributed by atoms with van der Waals surface area (Å²) in [6.45, 7) is 10.3. The van der Waals surface area contributed by atoms with E-state index in [1.165, 1.54) is 25.7 Å². The highest BCUT2D eigenvalue weighted by atomic mass is 16.2. The van der Waals surface area contributed by atoms with Crippen molar-refractivity contribution in [2.75, 3.05) is 13.2 Å². The number of nitrogens with one attached hydrogen (secondary N) is 1. The number of rotatable bonds is 6. The van der Waals surface area contributed by atoms with E-state index in [0.29, 0.717) is 11.5 Å². The molecule has 0 aliphatic heterocycles. The second kappa shape index (κ2) is 7.05. The average molecular weight is 270 g/mol. The molecule has 1 aliphatic carbocycles. The molecule has 0 aromatic carbocycles. The first-order valence-corrected chi connectivity index (χ1v) is 7.91. The Hall–Kier alpha value is -0.120. The van der Waals surface area contributed by atoms with Crippen molar-refractivity contribution in [1.82, 2.24) is 5.32 Å². The van der Waals surface area contributed by atoms with Crippen LogP contribution in [0.5, 0.6) is 0 Å². The van der Waals surface area contributed by atoms with Gasteiger partial charge in [-0.3, -0.25) is 0 Å². The summed E-state index contributed by atoms with van der Waals surface area (Å²) in [4.78, 5) is 0. The van der Waals surface area contributed by atoms with Crippen molar-refractivity contribution in [3.05, 3.63) is 0 Å². The molecule has 0 aromatic heterocycles. The smallest absolute Gasteiger partial charge is 0.0431 e. The van der Waals surface area contributed by atoms with Crippen molar-refractivity contribution in [3.8, 4) is 0 Å². The minimum absolute atomic E-state index is 0.136. The Morgan fingerprint density at radius 1 is 1.32 bits per heavy atom. The first-order valence-electron chi connectivity index (χ1n) is 7.91. The lowest BCUT2D eigenvalue weighted by atomic mass is 9.67. The van der Waals surface area contributed by atoms with Gasteiger partial charge in [0.05, 0.1) is 0 Å². The predicted molar refractivity (Wildman–Crippen MR) is 82.1 cm³/mol. The van der Waals surface area contributed by atoms with Crippen LogP contribution >= 0.6 is 0 Å². The molecule has 1 saturated carbocycles. The highest BCUT2D eigenvalue weighted by Crippen LogP contribution is 2.41. The van der Waals surface area contributed by atoms with Crippen LogP contribution in [0.25, 0.3) is 0 Å². The van der Waals surface area contributed by atoms with Crippen molar-refractivity contribution in [2.24, 2.45) is 17.1 Å². The van der Waals surface area contributed by atoms with Crippen LogP contribution < -0.4 is 11.1 Å². The van der Waals surface area contributed by atoms with Gasteiger partial charge in [0.25, 0.3) is 0 Å². The normalized spacial score (nSPS) is 30.3. The Kier molecular flexibility index (Phi) is 6.28. The highest BCUT2D eigenvalue weighted by molar-refractivity contribution is 4.97. The van der Waals surface area contributed by atoms with Crippen molar-refractivity contribution in [2.45, 2.75) is 77.8 Å². The molecule has 1 unspecified atom stereocenters. The first-order chi connectivity index (χ1) is 8.83. The lowest BCUT2D eigenvalue weighted by molar-refractivity contribution is 0.109. The van der Waals surface area contributed by atoms with E-state index >= 15 is 0 Å². The second-order valence-electron chi connectivity index (χ2n) is 7.54. The van der Waals surface area contributed by atoms with E-state index in [0.717, 1.165) is 25.3 Å². The third-order valence-electron chi connectivity index (χ3n) is 4.91. The van der Waals surface area contributed by atoms with Gasteiger partial charge in [0.2, 0.25) is 0 Å². The molecule has 0 amide bonds. The molecule has 1 aliphatic rings. The fraction of sp³-hybridized carbons (Fsp3) is 1.00. The van der Waals surface area contributed by atoms with Crippen LogP contribution in [-0.4, -0.2) is 29.8 Å². The highest BCUT2D eigenvalue weighted by Gasteiger charge is 2.38. The molecule has 3 heteroatoms. The van der Waals surface area contributed by atoms with Crippen LogP contribution in [0.4, 0.5) is 0 Å². The van der Waals surface area contributed by atoms with Crippen LogP contribution in [0.2, 0.25) is 0 Å². The number of nitrogens with two attached hydrogens (primary N) is 1. The lowest BCUT2D eigenvalue weighted by Gasteiger charge is -2.45. The van der Waals surface area contributed by atoms with Gasteiger partial charge in [-0.15, -0.1) is 0 Å². The van der Waals surface area contributed by atoms with E-state index in [9.17, 15) is 0 Å². The zero-order chi connectivity index (χ0) is 14.5. The van der Waals surface area contributed by atoms with Crippen molar-refractivity contribution in [1.29, 1.82) is 0 Å². The van der Waals surface area contributed by atoms with Crippen LogP contribution in [0, 0.1) is 11.3 Å². The molecule has 1 rings (SSSR count). The van der Waals surface area contributed by atoms with Gasteiger partial charge in [0.15, 0.2) is 0 Å². The maximum Gasteiger partial charge on any atom is 0.0431 e. The average Bonchev–Trinajstić information content (AvgIpc) is 2.36. The van der Waals surface area contributed by atoms with E-state index in [1.807, 2.05) is 0 Å². The summed E-state index contributed by atoms with van der Waals surface area (Å²) < 4.78 is 0. The molecule has 1 fully saturated rings. The summed E-state index contributed by atoms with van der Waals surface area (Å²) >= 11 is 0. The molecule has 0 saturated heterocycles. The van der Waals surface area contributed by atoms with Gasteiger partial charge in [-0.25, -0.2) is 0 Å². The molecule has 19 heavy (non-hydrogen) atoms. The molecule has 0 aromatic rings. The molecule has 0 bridgehead atoms. The van der Waals surface area contributed by atoms with Crippen molar-refractivity contribution >= 4 is 0 Å². The summed E-state index contributed by atoms with van der Waals surface area (Å²) in [7, 11) is 0. The predicted octanol–water partition coefficient (Wildman–Crippen LogP) is 2.67. The Bertz CT molecular complexity index is 252. The SMILES string of the molecule is CC(CCCO)NC1(CN)CCC(C(C)(C)C)CC1. The number of aliphatic hydroxyl groups excluding tert-OH is 1. The molecule has 1 atom stereocenters. The van der Waals surface area contributed by atoms with Crippen LogP contribution in [0.3, 0.4) is 0 Å². The van der Waals surface area contributed by atoms with Gasteiger partial charge >= 0.3 is 0 Å². The summed E-state index contributed by atoms with van der Waals surface area (Å²) in [5.41, 5.74) is 6.61. The fourth-order valence-corrected chi connectivity index (χ4v) is 3.44. The molecule has 0 spiro atoms. The first kappa shape index (κ1) is 16.9. The van der Waals surface area contributed by atoms with E-state index < -0.39 is 0 Å². The number of aliphatic hydroxyl groups is 1. The van der Waals surface area contributed by atoms with E-state index in [4.69, 9.17) is 10.8 Å². The van der Waals surface area contributed by atoms with Gasteiger partial charge in [-0.2, -0.15) is 0 Å². The van der Waals surface area contributed by atoms with Crippen molar-refractivity contribution in [3.63, 3.8) is 0 Å². The molecular weight excluding hydrogens is 236 g/mol. The standard InChI is InChI=1S/C16H34N2O/c1-13(6-5-11-19)18-16(12-17)9-7-14(8-10-16)15(2,3)4/h13-14,18-19H,5-12,17H2,1-4H3. The van der Waals surface area contributed by atoms with Gasteiger partial charge < -0.3 is 16.2 Å². The number of hydrogen-bond donors (Lipinski definition) is 3. The summed E-state index contributed by atoms with van der Waals surface area (Å²) in [5.74, 6) is 0.821. The summed E-state index contributed by atoms with van der Waals surface area (Å²) in [6.07, 6.45) is 6.84.